The van der Waals surface area contributed by atoms with Crippen molar-refractivity contribution in [2.45, 2.75) is 19.9 Å². The predicted molar refractivity (Wildman–Crippen MR) is 76.2 cm³/mol. The minimum absolute atomic E-state index is 0.614. The van der Waals surface area contributed by atoms with Crippen molar-refractivity contribution in [2.24, 2.45) is 5.73 Å². The quantitative estimate of drug-likeness (QED) is 0.871. The van der Waals surface area contributed by atoms with Crippen LogP contribution in [0.3, 0.4) is 0 Å². The van der Waals surface area contributed by atoms with Crippen LogP contribution in [0.4, 0.5) is 11.4 Å². The maximum Gasteiger partial charge on any atom is 0.0444 e. The second kappa shape index (κ2) is 4.46. The Hall–Kier alpha value is -1.80. The van der Waals surface area contributed by atoms with Crippen LogP contribution in [-0.2, 0) is 13.0 Å². The third kappa shape index (κ3) is 1.79. The molecule has 2 nitrogen and oxygen atoms in total. The molecule has 0 saturated heterocycles. The van der Waals surface area contributed by atoms with Crippen molar-refractivity contribution in [3.8, 4) is 0 Å². The Bertz CT molecular complexity index is 575. The lowest BCUT2D eigenvalue weighted by Gasteiger charge is -2.20. The van der Waals surface area contributed by atoms with Crippen molar-refractivity contribution in [3.63, 3.8) is 0 Å². The van der Waals surface area contributed by atoms with Crippen LogP contribution in [0.15, 0.2) is 42.5 Å². The standard InChI is InChI=1S/C16H18N2/c1-12-10-15(7-6-14(12)11-17)18-9-8-13-4-2-3-5-16(13)18/h2-7,10H,8-9,11,17H2,1H3. The second-order valence-corrected chi connectivity index (χ2v) is 4.85. The molecule has 3 rings (SSSR count). The zero-order valence-corrected chi connectivity index (χ0v) is 10.7. The Labute approximate surface area is 108 Å². The number of para-hydroxylation sites is 1. The van der Waals surface area contributed by atoms with Crippen LogP contribution in [-0.4, -0.2) is 6.54 Å². The van der Waals surface area contributed by atoms with E-state index in [1.54, 1.807) is 0 Å². The summed E-state index contributed by atoms with van der Waals surface area (Å²) in [5.74, 6) is 0. The monoisotopic (exact) mass is 238 g/mol. The Morgan fingerprint density at radius 2 is 2.00 bits per heavy atom. The second-order valence-electron chi connectivity index (χ2n) is 4.85. The molecule has 0 atom stereocenters. The number of fused-ring (bicyclic) bond motifs is 1. The summed E-state index contributed by atoms with van der Waals surface area (Å²) in [6.07, 6.45) is 1.13. The normalized spacial score (nSPS) is 13.8. The van der Waals surface area contributed by atoms with E-state index in [9.17, 15) is 0 Å². The highest BCUT2D eigenvalue weighted by Crippen LogP contribution is 2.34. The SMILES string of the molecule is Cc1cc(N2CCc3ccccc32)ccc1CN. The van der Waals surface area contributed by atoms with E-state index < -0.39 is 0 Å². The van der Waals surface area contributed by atoms with E-state index in [2.05, 4.69) is 54.3 Å². The molecule has 92 valence electrons. The average Bonchev–Trinajstić information content (AvgIpc) is 2.82. The summed E-state index contributed by atoms with van der Waals surface area (Å²) >= 11 is 0. The van der Waals surface area contributed by atoms with Crippen LogP contribution < -0.4 is 10.6 Å². The number of hydrogen-bond donors (Lipinski definition) is 1. The van der Waals surface area contributed by atoms with Gasteiger partial charge in [0.25, 0.3) is 0 Å². The third-order valence-electron chi connectivity index (χ3n) is 3.74. The number of hydrogen-bond acceptors (Lipinski definition) is 2. The van der Waals surface area contributed by atoms with Crippen molar-refractivity contribution >= 4 is 11.4 Å². The number of benzene rings is 2. The van der Waals surface area contributed by atoms with Crippen molar-refractivity contribution in [1.29, 1.82) is 0 Å². The fraction of sp³-hybridized carbons (Fsp3) is 0.250. The summed E-state index contributed by atoms with van der Waals surface area (Å²) in [5.41, 5.74) is 12.3. The smallest absolute Gasteiger partial charge is 0.0444 e. The van der Waals surface area contributed by atoms with Gasteiger partial charge in [-0.1, -0.05) is 24.3 Å². The van der Waals surface area contributed by atoms with Crippen molar-refractivity contribution in [3.05, 3.63) is 59.2 Å². The van der Waals surface area contributed by atoms with Gasteiger partial charge in [0.15, 0.2) is 0 Å². The molecule has 2 aromatic rings. The van der Waals surface area contributed by atoms with Gasteiger partial charge < -0.3 is 10.6 Å². The summed E-state index contributed by atoms with van der Waals surface area (Å²) in [5, 5.41) is 0. The van der Waals surface area contributed by atoms with E-state index in [-0.39, 0.29) is 0 Å². The first-order valence-corrected chi connectivity index (χ1v) is 6.44. The fourth-order valence-electron chi connectivity index (χ4n) is 2.68. The van der Waals surface area contributed by atoms with Gasteiger partial charge in [-0.15, -0.1) is 0 Å². The fourth-order valence-corrected chi connectivity index (χ4v) is 2.68. The maximum atomic E-state index is 5.72. The van der Waals surface area contributed by atoms with E-state index >= 15 is 0 Å². The van der Waals surface area contributed by atoms with Gasteiger partial charge in [-0.05, 0) is 48.2 Å². The van der Waals surface area contributed by atoms with Gasteiger partial charge in [-0.2, -0.15) is 0 Å². The van der Waals surface area contributed by atoms with Crippen molar-refractivity contribution in [1.82, 2.24) is 0 Å². The molecule has 0 radical (unpaired) electrons. The Kier molecular flexibility index (Phi) is 2.80. The topological polar surface area (TPSA) is 29.3 Å². The molecule has 2 heteroatoms. The first kappa shape index (κ1) is 11.3. The molecular weight excluding hydrogens is 220 g/mol. The van der Waals surface area contributed by atoms with Crippen molar-refractivity contribution in [2.75, 3.05) is 11.4 Å². The van der Waals surface area contributed by atoms with Gasteiger partial charge in [-0.25, -0.2) is 0 Å². The van der Waals surface area contributed by atoms with Gasteiger partial charge in [0.05, 0.1) is 0 Å². The van der Waals surface area contributed by atoms with Crippen LogP contribution >= 0.6 is 0 Å². The molecule has 0 saturated carbocycles. The first-order valence-electron chi connectivity index (χ1n) is 6.44. The number of nitrogens with zero attached hydrogens (tertiary/aromatic N) is 1. The van der Waals surface area contributed by atoms with Gasteiger partial charge in [0, 0.05) is 24.5 Å². The largest absolute Gasteiger partial charge is 0.341 e. The molecule has 0 amide bonds. The van der Waals surface area contributed by atoms with E-state index in [0.29, 0.717) is 6.54 Å². The molecule has 2 N–H and O–H groups in total. The predicted octanol–water partition coefficient (Wildman–Crippen LogP) is 3.15. The summed E-state index contributed by atoms with van der Waals surface area (Å²) in [7, 11) is 0. The molecule has 1 heterocycles. The Balaban J connectivity index is 2.00. The highest BCUT2D eigenvalue weighted by atomic mass is 15.2. The zero-order chi connectivity index (χ0) is 12.5. The average molecular weight is 238 g/mol. The van der Waals surface area contributed by atoms with E-state index in [1.807, 2.05) is 0 Å². The molecule has 0 unspecified atom stereocenters. The van der Waals surface area contributed by atoms with Gasteiger partial charge in [-0.3, -0.25) is 0 Å². The highest BCUT2D eigenvalue weighted by molar-refractivity contribution is 5.70. The lowest BCUT2D eigenvalue weighted by atomic mass is 10.1. The molecule has 0 fully saturated rings. The molecule has 18 heavy (non-hydrogen) atoms. The minimum atomic E-state index is 0.614. The molecule has 2 aromatic carbocycles. The zero-order valence-electron chi connectivity index (χ0n) is 10.7. The molecule has 0 spiro atoms. The number of anilines is 2. The Morgan fingerprint density at radius 1 is 1.17 bits per heavy atom. The number of nitrogens with two attached hydrogens (primary N) is 1. The minimum Gasteiger partial charge on any atom is -0.341 e. The number of rotatable bonds is 2. The van der Waals surface area contributed by atoms with Gasteiger partial charge in [0.2, 0.25) is 0 Å². The molecule has 1 aliphatic rings. The van der Waals surface area contributed by atoms with E-state index in [4.69, 9.17) is 5.73 Å². The maximum absolute atomic E-state index is 5.72. The van der Waals surface area contributed by atoms with Crippen LogP contribution in [0.1, 0.15) is 16.7 Å². The van der Waals surface area contributed by atoms with Crippen molar-refractivity contribution < 1.29 is 0 Å². The lowest BCUT2D eigenvalue weighted by Crippen LogP contribution is -2.13. The molecule has 0 bridgehead atoms. The number of aryl methyl sites for hydroxylation is 1. The summed E-state index contributed by atoms with van der Waals surface area (Å²) in [6, 6.07) is 15.2. The molecule has 0 aliphatic carbocycles. The lowest BCUT2D eigenvalue weighted by molar-refractivity contribution is 0.990. The summed E-state index contributed by atoms with van der Waals surface area (Å²) in [6.45, 7) is 3.82. The van der Waals surface area contributed by atoms with Gasteiger partial charge in [0.1, 0.15) is 0 Å². The van der Waals surface area contributed by atoms with Gasteiger partial charge >= 0.3 is 0 Å². The van der Waals surface area contributed by atoms with Crippen LogP contribution in [0.25, 0.3) is 0 Å². The first-order chi connectivity index (χ1) is 8.79. The summed E-state index contributed by atoms with van der Waals surface area (Å²) in [4.78, 5) is 2.39. The molecule has 1 aliphatic heterocycles. The van der Waals surface area contributed by atoms with Crippen LogP contribution in [0.2, 0.25) is 0 Å². The molecule has 0 aromatic heterocycles. The van der Waals surface area contributed by atoms with E-state index in [1.165, 1.54) is 28.1 Å². The van der Waals surface area contributed by atoms with Crippen LogP contribution in [0, 0.1) is 6.92 Å². The van der Waals surface area contributed by atoms with E-state index in [0.717, 1.165) is 13.0 Å². The summed E-state index contributed by atoms with van der Waals surface area (Å²) < 4.78 is 0. The third-order valence-corrected chi connectivity index (χ3v) is 3.74. The Morgan fingerprint density at radius 3 is 2.78 bits per heavy atom. The van der Waals surface area contributed by atoms with Crippen LogP contribution in [0.5, 0.6) is 0 Å². The highest BCUT2D eigenvalue weighted by Gasteiger charge is 2.19. The molecular formula is C16H18N2.